The van der Waals surface area contributed by atoms with E-state index in [1.165, 1.54) is 13.2 Å². The van der Waals surface area contributed by atoms with Gasteiger partial charge >= 0.3 is 17.5 Å². The van der Waals surface area contributed by atoms with E-state index in [1.54, 1.807) is 18.2 Å². The number of amides is 1. The van der Waals surface area contributed by atoms with Crippen LogP contribution in [0, 0.1) is 0 Å². The molecule has 0 aliphatic rings. The fourth-order valence-electron chi connectivity index (χ4n) is 1.54. The normalized spacial score (nSPS) is 10.2. The number of rotatable bonds is 2. The third-order valence-corrected chi connectivity index (χ3v) is 2.39. The van der Waals surface area contributed by atoms with E-state index in [-0.39, 0.29) is 11.3 Å². The summed E-state index contributed by atoms with van der Waals surface area (Å²) in [6, 6.07) is 6.24. The first-order chi connectivity index (χ1) is 9.02. The molecule has 98 valence electrons. The van der Waals surface area contributed by atoms with Gasteiger partial charge < -0.3 is 19.6 Å². The van der Waals surface area contributed by atoms with Crippen LogP contribution in [0.3, 0.4) is 0 Å². The standard InChI is InChI=1S/C12H9NO6/c1-18-8-4-2-3-6-5-7(12(17)19-9(6)8)13-10(14)11(15)16/h2-5H,1H3,(H,13,14)(H,15,16). The van der Waals surface area contributed by atoms with Crippen LogP contribution in [-0.4, -0.2) is 24.1 Å². The van der Waals surface area contributed by atoms with Crippen molar-refractivity contribution in [3.8, 4) is 5.75 Å². The summed E-state index contributed by atoms with van der Waals surface area (Å²) in [6.45, 7) is 0. The lowest BCUT2D eigenvalue weighted by Gasteiger charge is -2.05. The van der Waals surface area contributed by atoms with Crippen LogP contribution in [0.25, 0.3) is 11.0 Å². The Morgan fingerprint density at radius 1 is 1.37 bits per heavy atom. The highest BCUT2D eigenvalue weighted by atomic mass is 16.5. The van der Waals surface area contributed by atoms with Crippen molar-refractivity contribution < 1.29 is 23.8 Å². The Balaban J connectivity index is 2.54. The molecule has 1 aromatic heterocycles. The average molecular weight is 263 g/mol. The second-order valence-electron chi connectivity index (χ2n) is 3.59. The maximum atomic E-state index is 11.6. The minimum Gasteiger partial charge on any atom is -0.493 e. The summed E-state index contributed by atoms with van der Waals surface area (Å²) in [5.41, 5.74) is -0.872. The van der Waals surface area contributed by atoms with Crippen LogP contribution in [0.4, 0.5) is 5.69 Å². The van der Waals surface area contributed by atoms with Gasteiger partial charge in [0.15, 0.2) is 11.3 Å². The zero-order valence-electron chi connectivity index (χ0n) is 9.80. The molecule has 0 aliphatic carbocycles. The highest BCUT2D eigenvalue weighted by Gasteiger charge is 2.15. The van der Waals surface area contributed by atoms with Gasteiger partial charge in [0.05, 0.1) is 7.11 Å². The molecule has 0 saturated heterocycles. The molecule has 2 aromatic rings. The fraction of sp³-hybridized carbons (Fsp3) is 0.0833. The number of hydrogen-bond acceptors (Lipinski definition) is 5. The van der Waals surface area contributed by atoms with Crippen LogP contribution in [0.2, 0.25) is 0 Å². The molecule has 1 aromatic carbocycles. The van der Waals surface area contributed by atoms with Crippen molar-refractivity contribution in [3.63, 3.8) is 0 Å². The molecule has 1 amide bonds. The van der Waals surface area contributed by atoms with E-state index in [0.717, 1.165) is 0 Å². The molecular formula is C12H9NO6. The number of carbonyl (C=O) groups is 2. The van der Waals surface area contributed by atoms with Crippen molar-refractivity contribution in [3.05, 3.63) is 34.7 Å². The van der Waals surface area contributed by atoms with E-state index in [4.69, 9.17) is 14.3 Å². The zero-order valence-corrected chi connectivity index (χ0v) is 9.80. The zero-order chi connectivity index (χ0) is 14.0. The number of carboxylic acid groups (broad SMARTS) is 1. The second-order valence-corrected chi connectivity index (χ2v) is 3.59. The fourth-order valence-corrected chi connectivity index (χ4v) is 1.54. The largest absolute Gasteiger partial charge is 0.493 e. The number of para-hydroxylation sites is 1. The molecule has 0 unspecified atom stereocenters. The summed E-state index contributed by atoms with van der Waals surface area (Å²) in [7, 11) is 1.43. The number of ether oxygens (including phenoxy) is 1. The Morgan fingerprint density at radius 3 is 2.74 bits per heavy atom. The number of methoxy groups -OCH3 is 1. The van der Waals surface area contributed by atoms with Gasteiger partial charge in [-0.1, -0.05) is 12.1 Å². The third-order valence-electron chi connectivity index (χ3n) is 2.39. The monoisotopic (exact) mass is 263 g/mol. The lowest BCUT2D eigenvalue weighted by Crippen LogP contribution is -2.25. The summed E-state index contributed by atoms with van der Waals surface area (Å²) in [5.74, 6) is -2.63. The number of nitrogens with one attached hydrogen (secondary N) is 1. The smallest absolute Gasteiger partial charge is 0.394 e. The van der Waals surface area contributed by atoms with Crippen molar-refractivity contribution in [2.75, 3.05) is 12.4 Å². The number of hydrogen-bond donors (Lipinski definition) is 2. The first-order valence-corrected chi connectivity index (χ1v) is 5.18. The van der Waals surface area contributed by atoms with E-state index >= 15 is 0 Å². The Labute approximate surface area is 106 Å². The lowest BCUT2D eigenvalue weighted by atomic mass is 10.2. The van der Waals surface area contributed by atoms with E-state index in [9.17, 15) is 14.4 Å². The molecule has 0 saturated carbocycles. The number of carboxylic acids is 1. The molecule has 0 bridgehead atoms. The maximum Gasteiger partial charge on any atom is 0.394 e. The minimum absolute atomic E-state index is 0.225. The molecule has 0 atom stereocenters. The van der Waals surface area contributed by atoms with Crippen molar-refractivity contribution >= 4 is 28.5 Å². The third kappa shape index (κ3) is 2.39. The van der Waals surface area contributed by atoms with E-state index in [0.29, 0.717) is 11.1 Å². The summed E-state index contributed by atoms with van der Waals surface area (Å²) < 4.78 is 10.0. The van der Waals surface area contributed by atoms with Crippen molar-refractivity contribution in [1.82, 2.24) is 0 Å². The Hall–Kier alpha value is -2.83. The van der Waals surface area contributed by atoms with Crippen LogP contribution in [0.1, 0.15) is 0 Å². The van der Waals surface area contributed by atoms with Crippen LogP contribution < -0.4 is 15.7 Å². The SMILES string of the molecule is COc1cccc2cc(NC(=O)C(=O)O)c(=O)oc12. The van der Waals surface area contributed by atoms with Gasteiger partial charge in [0, 0.05) is 5.39 Å². The summed E-state index contributed by atoms with van der Waals surface area (Å²) in [4.78, 5) is 33.1. The highest BCUT2D eigenvalue weighted by molar-refractivity contribution is 6.36. The lowest BCUT2D eigenvalue weighted by molar-refractivity contribution is -0.147. The molecule has 19 heavy (non-hydrogen) atoms. The molecule has 0 radical (unpaired) electrons. The Bertz CT molecular complexity index is 718. The molecule has 7 nitrogen and oxygen atoms in total. The van der Waals surface area contributed by atoms with E-state index < -0.39 is 17.5 Å². The van der Waals surface area contributed by atoms with Gasteiger partial charge in [0.2, 0.25) is 0 Å². The van der Waals surface area contributed by atoms with Crippen molar-refractivity contribution in [2.24, 2.45) is 0 Å². The van der Waals surface area contributed by atoms with Gasteiger partial charge in [0.1, 0.15) is 5.69 Å². The topological polar surface area (TPSA) is 106 Å². The minimum atomic E-state index is -1.69. The molecule has 7 heteroatoms. The van der Waals surface area contributed by atoms with E-state index in [2.05, 4.69) is 0 Å². The first-order valence-electron chi connectivity index (χ1n) is 5.18. The van der Waals surface area contributed by atoms with Crippen LogP contribution in [0.5, 0.6) is 5.75 Å². The Morgan fingerprint density at radius 2 is 2.11 bits per heavy atom. The van der Waals surface area contributed by atoms with E-state index in [1.807, 2.05) is 5.32 Å². The quantitative estimate of drug-likeness (QED) is 0.614. The van der Waals surface area contributed by atoms with Gasteiger partial charge in [-0.25, -0.2) is 9.59 Å². The van der Waals surface area contributed by atoms with Gasteiger partial charge in [-0.05, 0) is 12.1 Å². The summed E-state index contributed by atoms with van der Waals surface area (Å²) in [5, 5.41) is 10.9. The van der Waals surface area contributed by atoms with Crippen LogP contribution in [0.15, 0.2) is 33.5 Å². The molecule has 0 spiro atoms. The van der Waals surface area contributed by atoms with Crippen molar-refractivity contribution in [2.45, 2.75) is 0 Å². The first kappa shape index (κ1) is 12.6. The molecular weight excluding hydrogens is 254 g/mol. The summed E-state index contributed by atoms with van der Waals surface area (Å²) in [6.07, 6.45) is 0. The molecule has 2 rings (SSSR count). The van der Waals surface area contributed by atoms with Gasteiger partial charge in [-0.2, -0.15) is 0 Å². The van der Waals surface area contributed by atoms with Crippen LogP contribution in [-0.2, 0) is 9.59 Å². The van der Waals surface area contributed by atoms with Crippen molar-refractivity contribution in [1.29, 1.82) is 0 Å². The van der Waals surface area contributed by atoms with Gasteiger partial charge in [-0.15, -0.1) is 0 Å². The van der Waals surface area contributed by atoms with Gasteiger partial charge in [0.25, 0.3) is 0 Å². The predicted octanol–water partition coefficient (Wildman–Crippen LogP) is 0.825. The summed E-state index contributed by atoms with van der Waals surface area (Å²) >= 11 is 0. The molecule has 1 heterocycles. The maximum absolute atomic E-state index is 11.6. The molecule has 0 aliphatic heterocycles. The molecule has 2 N–H and O–H groups in total. The number of aliphatic carboxylic acids is 1. The Kier molecular flexibility index (Phi) is 3.19. The van der Waals surface area contributed by atoms with Gasteiger partial charge in [-0.3, -0.25) is 4.79 Å². The number of fused-ring (bicyclic) bond motifs is 1. The highest BCUT2D eigenvalue weighted by Crippen LogP contribution is 2.25. The average Bonchev–Trinajstić information content (AvgIpc) is 2.38. The second kappa shape index (κ2) is 4.81. The predicted molar refractivity (Wildman–Crippen MR) is 65.3 cm³/mol. The van der Waals surface area contributed by atoms with Crippen LogP contribution >= 0.6 is 0 Å². The number of carbonyl (C=O) groups excluding carboxylic acids is 1. The number of benzene rings is 1. The molecule has 0 fully saturated rings. The number of anilines is 1.